The predicted octanol–water partition coefficient (Wildman–Crippen LogP) is 4.08. The first-order valence-electron chi connectivity index (χ1n) is 7.55. The summed E-state index contributed by atoms with van der Waals surface area (Å²) in [6.45, 7) is 1.94. The van der Waals surface area contributed by atoms with Gasteiger partial charge in [-0.1, -0.05) is 28.1 Å². The summed E-state index contributed by atoms with van der Waals surface area (Å²) < 4.78 is 6.12. The number of aryl methyl sites for hydroxylation is 1. The minimum Gasteiger partial charge on any atom is -0.495 e. The van der Waals surface area contributed by atoms with Gasteiger partial charge in [-0.2, -0.15) is 0 Å². The third kappa shape index (κ3) is 6.43. The lowest BCUT2D eigenvalue weighted by molar-refractivity contribution is -0.114. The summed E-state index contributed by atoms with van der Waals surface area (Å²) in [6.07, 6.45) is 0. The summed E-state index contributed by atoms with van der Waals surface area (Å²) in [7, 11) is 1.56. The minimum absolute atomic E-state index is 0.149. The second-order valence-electron chi connectivity index (χ2n) is 5.30. The Morgan fingerprint density at radius 2 is 1.80 bits per heavy atom. The molecule has 0 saturated heterocycles. The van der Waals surface area contributed by atoms with Crippen molar-refractivity contribution in [2.24, 2.45) is 0 Å². The van der Waals surface area contributed by atoms with Gasteiger partial charge in [0.25, 0.3) is 0 Å². The Hall–Kier alpha value is -1.99. The van der Waals surface area contributed by atoms with E-state index >= 15 is 0 Å². The second kappa shape index (κ2) is 9.48. The van der Waals surface area contributed by atoms with E-state index in [-0.39, 0.29) is 23.3 Å². The topological polar surface area (TPSA) is 67.4 Å². The molecule has 0 spiro atoms. The fourth-order valence-corrected chi connectivity index (χ4v) is 3.12. The van der Waals surface area contributed by atoms with Crippen LogP contribution in [0.3, 0.4) is 0 Å². The molecule has 0 heterocycles. The van der Waals surface area contributed by atoms with E-state index in [4.69, 9.17) is 4.74 Å². The lowest BCUT2D eigenvalue weighted by Gasteiger charge is -2.11. The van der Waals surface area contributed by atoms with Gasteiger partial charge in [-0.15, -0.1) is 11.8 Å². The van der Waals surface area contributed by atoms with Gasteiger partial charge >= 0.3 is 0 Å². The van der Waals surface area contributed by atoms with Gasteiger partial charge in [0.1, 0.15) is 5.75 Å². The molecule has 0 unspecified atom stereocenters. The molecule has 132 valence electrons. The van der Waals surface area contributed by atoms with Crippen molar-refractivity contribution in [1.29, 1.82) is 0 Å². The van der Waals surface area contributed by atoms with Crippen LogP contribution in [-0.4, -0.2) is 30.4 Å². The maximum Gasteiger partial charge on any atom is 0.234 e. The van der Waals surface area contributed by atoms with Crippen LogP contribution in [0.2, 0.25) is 0 Å². The van der Waals surface area contributed by atoms with Gasteiger partial charge in [-0.05, 0) is 42.8 Å². The van der Waals surface area contributed by atoms with Crippen LogP contribution in [0, 0.1) is 6.92 Å². The van der Waals surface area contributed by atoms with Crippen molar-refractivity contribution in [2.45, 2.75) is 6.92 Å². The van der Waals surface area contributed by atoms with E-state index in [1.165, 1.54) is 11.8 Å². The van der Waals surface area contributed by atoms with Crippen molar-refractivity contribution in [2.75, 3.05) is 29.2 Å². The van der Waals surface area contributed by atoms with E-state index in [1.54, 1.807) is 7.11 Å². The molecule has 2 amide bonds. The van der Waals surface area contributed by atoms with Crippen LogP contribution in [0.5, 0.6) is 5.75 Å². The predicted molar refractivity (Wildman–Crippen MR) is 106 cm³/mol. The van der Waals surface area contributed by atoms with E-state index in [9.17, 15) is 9.59 Å². The lowest BCUT2D eigenvalue weighted by Crippen LogP contribution is -2.18. The van der Waals surface area contributed by atoms with Crippen LogP contribution in [0.15, 0.2) is 46.9 Å². The first kappa shape index (κ1) is 19.3. The number of methoxy groups -OCH3 is 1. The standard InChI is InChI=1S/C18H19BrN2O3S/c1-12-6-7-16(24-2)15(8-12)21-18(23)11-25-10-17(22)20-14-5-3-4-13(19)9-14/h3-9H,10-11H2,1-2H3,(H,20,22)(H,21,23). The van der Waals surface area contributed by atoms with Crippen LogP contribution in [0.1, 0.15) is 5.56 Å². The largest absolute Gasteiger partial charge is 0.495 e. The number of ether oxygens (including phenoxy) is 1. The fraction of sp³-hybridized carbons (Fsp3) is 0.222. The molecule has 0 bridgehead atoms. The minimum atomic E-state index is -0.177. The Morgan fingerprint density at radius 3 is 2.48 bits per heavy atom. The van der Waals surface area contributed by atoms with Crippen LogP contribution >= 0.6 is 27.7 Å². The van der Waals surface area contributed by atoms with E-state index in [0.29, 0.717) is 17.1 Å². The molecule has 2 N–H and O–H groups in total. The Labute approximate surface area is 159 Å². The fourth-order valence-electron chi connectivity index (χ4n) is 2.11. The molecule has 0 atom stereocenters. The number of rotatable bonds is 7. The van der Waals surface area contributed by atoms with Gasteiger partial charge < -0.3 is 15.4 Å². The monoisotopic (exact) mass is 422 g/mol. The number of nitrogens with one attached hydrogen (secondary N) is 2. The SMILES string of the molecule is COc1ccc(C)cc1NC(=O)CSCC(=O)Nc1cccc(Br)c1. The van der Waals surface area contributed by atoms with Crippen LogP contribution in [0.4, 0.5) is 11.4 Å². The Kier molecular flexibility index (Phi) is 7.33. The average molecular weight is 423 g/mol. The van der Waals surface area contributed by atoms with Gasteiger partial charge in [0, 0.05) is 10.2 Å². The molecule has 0 aliphatic carbocycles. The number of thioether (sulfide) groups is 1. The molecule has 0 aliphatic rings. The summed E-state index contributed by atoms with van der Waals surface area (Å²) in [4.78, 5) is 24.0. The summed E-state index contributed by atoms with van der Waals surface area (Å²) in [6, 6.07) is 12.9. The molecule has 0 saturated carbocycles. The molecule has 0 aromatic heterocycles. The Morgan fingerprint density at radius 1 is 1.08 bits per heavy atom. The van der Waals surface area contributed by atoms with E-state index in [1.807, 2.05) is 49.4 Å². The zero-order valence-electron chi connectivity index (χ0n) is 14.0. The summed E-state index contributed by atoms with van der Waals surface area (Å²) >= 11 is 4.61. The summed E-state index contributed by atoms with van der Waals surface area (Å²) in [5.74, 6) is 0.665. The number of hydrogen-bond donors (Lipinski definition) is 2. The first-order chi connectivity index (χ1) is 12.0. The van der Waals surface area contributed by atoms with Crippen LogP contribution in [0.25, 0.3) is 0 Å². The van der Waals surface area contributed by atoms with Crippen molar-refractivity contribution in [3.05, 3.63) is 52.5 Å². The van der Waals surface area contributed by atoms with Gasteiger partial charge in [-0.25, -0.2) is 0 Å². The Bertz CT molecular complexity index is 768. The van der Waals surface area contributed by atoms with Gasteiger partial charge in [0.2, 0.25) is 11.8 Å². The molecule has 25 heavy (non-hydrogen) atoms. The smallest absolute Gasteiger partial charge is 0.234 e. The molecule has 7 heteroatoms. The highest BCUT2D eigenvalue weighted by atomic mass is 79.9. The van der Waals surface area contributed by atoms with Gasteiger partial charge in [0.05, 0.1) is 24.3 Å². The average Bonchev–Trinajstić information content (AvgIpc) is 2.55. The van der Waals surface area contributed by atoms with E-state index < -0.39 is 0 Å². The summed E-state index contributed by atoms with van der Waals surface area (Å²) in [5, 5.41) is 5.60. The maximum atomic E-state index is 12.1. The molecule has 0 fully saturated rings. The molecule has 2 aromatic rings. The highest BCUT2D eigenvalue weighted by Gasteiger charge is 2.10. The number of carbonyl (C=O) groups is 2. The number of hydrogen-bond acceptors (Lipinski definition) is 4. The summed E-state index contributed by atoms with van der Waals surface area (Å²) in [5.41, 5.74) is 2.37. The van der Waals surface area contributed by atoms with Gasteiger partial charge in [-0.3, -0.25) is 9.59 Å². The normalized spacial score (nSPS) is 10.2. The van der Waals surface area contributed by atoms with Crippen LogP contribution < -0.4 is 15.4 Å². The maximum absolute atomic E-state index is 12.1. The molecule has 0 aliphatic heterocycles. The number of halogens is 1. The quantitative estimate of drug-likeness (QED) is 0.705. The third-order valence-electron chi connectivity index (χ3n) is 3.20. The third-order valence-corrected chi connectivity index (χ3v) is 4.63. The molecule has 2 rings (SSSR count). The first-order valence-corrected chi connectivity index (χ1v) is 9.50. The van der Waals surface area contributed by atoms with Crippen molar-refractivity contribution >= 4 is 50.9 Å². The van der Waals surface area contributed by atoms with Gasteiger partial charge in [0.15, 0.2) is 0 Å². The van der Waals surface area contributed by atoms with Crippen molar-refractivity contribution in [3.63, 3.8) is 0 Å². The lowest BCUT2D eigenvalue weighted by atomic mass is 10.2. The number of carbonyl (C=O) groups excluding carboxylic acids is 2. The van der Waals surface area contributed by atoms with E-state index in [0.717, 1.165) is 10.0 Å². The zero-order chi connectivity index (χ0) is 18.2. The number of anilines is 2. The molecule has 5 nitrogen and oxygen atoms in total. The van der Waals surface area contributed by atoms with Crippen molar-refractivity contribution in [3.8, 4) is 5.75 Å². The second-order valence-corrected chi connectivity index (χ2v) is 7.20. The number of benzene rings is 2. The molecular formula is C18H19BrN2O3S. The highest BCUT2D eigenvalue weighted by Crippen LogP contribution is 2.25. The molecular weight excluding hydrogens is 404 g/mol. The number of amides is 2. The zero-order valence-corrected chi connectivity index (χ0v) is 16.4. The van der Waals surface area contributed by atoms with Crippen molar-refractivity contribution in [1.82, 2.24) is 0 Å². The molecule has 2 aromatic carbocycles. The van der Waals surface area contributed by atoms with Crippen LogP contribution in [-0.2, 0) is 9.59 Å². The van der Waals surface area contributed by atoms with E-state index in [2.05, 4.69) is 26.6 Å². The highest BCUT2D eigenvalue weighted by molar-refractivity contribution is 9.10. The Balaban J connectivity index is 1.78. The van der Waals surface area contributed by atoms with Crippen molar-refractivity contribution < 1.29 is 14.3 Å². The molecule has 0 radical (unpaired) electrons.